The summed E-state index contributed by atoms with van der Waals surface area (Å²) in [6.07, 6.45) is 6.41. The summed E-state index contributed by atoms with van der Waals surface area (Å²) < 4.78 is 39.8. The van der Waals surface area contributed by atoms with Crippen molar-refractivity contribution in [1.82, 2.24) is 24.8 Å². The Labute approximate surface area is 323 Å². The van der Waals surface area contributed by atoms with Crippen LogP contribution in [-0.4, -0.2) is 99.3 Å². The molecule has 2 saturated carbocycles. The number of ether oxygens (including phenoxy) is 2. The molecule has 2 aromatic rings. The Morgan fingerprint density at radius 2 is 1.87 bits per heavy atom. The van der Waals surface area contributed by atoms with Crippen LogP contribution in [-0.2, 0) is 24.4 Å². The molecule has 1 aromatic heterocycles. The zero-order valence-corrected chi connectivity index (χ0v) is 33.6. The molecule has 3 fully saturated rings. The van der Waals surface area contributed by atoms with Gasteiger partial charge in [0.2, 0.25) is 27.7 Å². The first kappa shape index (κ1) is 40.3. The Balaban J connectivity index is 1.38. The second-order valence-electron chi connectivity index (χ2n) is 17.2. The van der Waals surface area contributed by atoms with E-state index in [1.807, 2.05) is 50.3 Å². The van der Waals surface area contributed by atoms with E-state index in [0.29, 0.717) is 49.3 Å². The van der Waals surface area contributed by atoms with Gasteiger partial charge in [0.25, 0.3) is 5.91 Å². The summed E-state index contributed by atoms with van der Waals surface area (Å²) in [6, 6.07) is 5.04. The van der Waals surface area contributed by atoms with E-state index in [2.05, 4.69) is 21.9 Å². The maximum absolute atomic E-state index is 15.0. The highest BCUT2D eigenvalue weighted by Gasteiger charge is 2.63. The Bertz CT molecular complexity index is 1980. The van der Waals surface area contributed by atoms with Crippen LogP contribution in [0.15, 0.2) is 42.6 Å². The number of pyridine rings is 1. The van der Waals surface area contributed by atoms with Crippen molar-refractivity contribution in [2.45, 2.75) is 127 Å². The Kier molecular flexibility index (Phi) is 10.9. The molecule has 7 atom stereocenters. The normalized spacial score (nSPS) is 30.1. The first-order valence-electron chi connectivity index (χ1n) is 19.4. The van der Waals surface area contributed by atoms with Crippen LogP contribution in [0, 0.1) is 17.8 Å². The predicted octanol–water partition coefficient (Wildman–Crippen LogP) is 5.01. The number of carbonyl (C=O) groups is 4. The molecule has 4 aliphatic rings. The van der Waals surface area contributed by atoms with E-state index in [-0.39, 0.29) is 25.3 Å². The van der Waals surface area contributed by atoms with Gasteiger partial charge in [-0.3, -0.25) is 24.0 Å². The van der Waals surface area contributed by atoms with Gasteiger partial charge in [-0.25, -0.2) is 18.2 Å². The van der Waals surface area contributed by atoms with E-state index in [1.54, 1.807) is 33.9 Å². The SMILES string of the molecule is CCOc1ccc2c(O[C@@H]3C[C@H]4C(=O)N[C@]5(C(=O)NS(=O)(=O)C6(C)CC6)C[C@H]5/C=C\CC[C@@H](C)C[C@@H](C)[C@H](N(C(=O)O)C(C)(C)C)C(=O)N4C3)nccc2c1. The third-order valence-corrected chi connectivity index (χ3v) is 13.9. The van der Waals surface area contributed by atoms with Gasteiger partial charge >= 0.3 is 6.09 Å². The van der Waals surface area contributed by atoms with Crippen LogP contribution in [0.5, 0.6) is 11.6 Å². The fraction of sp³-hybridized carbons (Fsp3) is 0.625. The van der Waals surface area contributed by atoms with Gasteiger partial charge in [0.15, 0.2) is 0 Å². The summed E-state index contributed by atoms with van der Waals surface area (Å²) in [4.78, 5) is 63.6. The molecule has 6 rings (SSSR count). The highest BCUT2D eigenvalue weighted by atomic mass is 32.2. The fourth-order valence-corrected chi connectivity index (χ4v) is 9.51. The van der Waals surface area contributed by atoms with Crippen LogP contribution in [0.4, 0.5) is 4.79 Å². The molecule has 300 valence electrons. The summed E-state index contributed by atoms with van der Waals surface area (Å²) in [7, 11) is -4.01. The van der Waals surface area contributed by atoms with Gasteiger partial charge in [-0.2, -0.15) is 0 Å². The van der Waals surface area contributed by atoms with Crippen LogP contribution < -0.4 is 19.5 Å². The van der Waals surface area contributed by atoms with Crippen LogP contribution in [0.2, 0.25) is 0 Å². The number of fused-ring (bicyclic) bond motifs is 3. The molecule has 3 heterocycles. The average Bonchev–Trinajstić information content (AvgIpc) is 3.98. The third-order valence-electron chi connectivity index (χ3n) is 11.7. The number of carboxylic acid groups (broad SMARTS) is 1. The van der Waals surface area contributed by atoms with Gasteiger partial charge < -0.3 is 24.8 Å². The van der Waals surface area contributed by atoms with Crippen molar-refractivity contribution < 1.29 is 42.2 Å². The number of carbonyl (C=O) groups excluding carboxylic acids is 3. The summed E-state index contributed by atoms with van der Waals surface area (Å²) in [5, 5.41) is 15.0. The van der Waals surface area contributed by atoms with E-state index in [0.717, 1.165) is 11.8 Å². The minimum absolute atomic E-state index is 0.0152. The van der Waals surface area contributed by atoms with Gasteiger partial charge in [0, 0.05) is 29.5 Å². The number of nitrogens with zero attached hydrogens (tertiary/aromatic N) is 3. The van der Waals surface area contributed by atoms with E-state index < -0.39 is 79.7 Å². The highest BCUT2D eigenvalue weighted by molar-refractivity contribution is 7.91. The molecule has 15 heteroatoms. The topological polar surface area (TPSA) is 185 Å². The van der Waals surface area contributed by atoms with Crippen molar-refractivity contribution in [2.75, 3.05) is 13.2 Å². The van der Waals surface area contributed by atoms with Gasteiger partial charge in [0.05, 0.1) is 17.9 Å². The lowest BCUT2D eigenvalue weighted by Gasteiger charge is -2.43. The Morgan fingerprint density at radius 1 is 1.15 bits per heavy atom. The third kappa shape index (κ3) is 8.13. The van der Waals surface area contributed by atoms with E-state index in [1.165, 1.54) is 9.80 Å². The predicted molar refractivity (Wildman–Crippen MR) is 206 cm³/mol. The van der Waals surface area contributed by atoms with Gasteiger partial charge in [-0.1, -0.05) is 26.0 Å². The van der Waals surface area contributed by atoms with Gasteiger partial charge in [-0.05, 0) is 115 Å². The molecular formula is C40H55N5O9S. The van der Waals surface area contributed by atoms with E-state index in [9.17, 15) is 27.9 Å². The zero-order chi connectivity index (χ0) is 40.1. The Hall–Kier alpha value is -4.40. The fourth-order valence-electron chi connectivity index (χ4n) is 8.20. The number of hydrogen-bond acceptors (Lipinski definition) is 9. The second kappa shape index (κ2) is 14.9. The molecule has 55 heavy (non-hydrogen) atoms. The number of amides is 4. The number of allylic oxidation sites excluding steroid dienone is 1. The number of sulfonamides is 1. The lowest BCUT2D eigenvalue weighted by molar-refractivity contribution is -0.146. The smallest absolute Gasteiger partial charge is 0.408 e. The standard InChI is InChI=1S/C40H55N5O9S/c1-8-53-28-13-14-30-26(20-28)15-18-41-34(30)54-29-21-31-33(46)42-40(36(48)43-55(51,52)39(7)16-17-39)22-27(40)12-10-9-11-24(2)19-25(3)32(35(47)44(31)23-29)45(37(49)50)38(4,5)6/h10,12-15,18,20,24-25,27,29,31-32H,8-9,11,16-17,19,21-23H2,1-7H3,(H,42,46)(H,43,48)(H,49,50)/b12-10-/t24-,25-,27-,29-,31+,32+,40-/m1/s1. The summed E-state index contributed by atoms with van der Waals surface area (Å²) >= 11 is 0. The van der Waals surface area contributed by atoms with Crippen LogP contribution >= 0.6 is 0 Å². The number of aromatic nitrogens is 1. The minimum atomic E-state index is -4.01. The van der Waals surface area contributed by atoms with Crippen LogP contribution in [0.25, 0.3) is 10.8 Å². The average molecular weight is 782 g/mol. The van der Waals surface area contributed by atoms with Crippen molar-refractivity contribution in [3.8, 4) is 11.6 Å². The quantitative estimate of drug-likeness (QED) is 0.308. The van der Waals surface area contributed by atoms with Crippen molar-refractivity contribution >= 4 is 44.6 Å². The van der Waals surface area contributed by atoms with Crippen molar-refractivity contribution in [2.24, 2.45) is 17.8 Å². The molecule has 0 spiro atoms. The number of hydrogen-bond donors (Lipinski definition) is 3. The van der Waals surface area contributed by atoms with Crippen molar-refractivity contribution in [3.63, 3.8) is 0 Å². The monoisotopic (exact) mass is 781 g/mol. The van der Waals surface area contributed by atoms with Crippen LogP contribution in [0.3, 0.4) is 0 Å². The van der Waals surface area contributed by atoms with E-state index in [4.69, 9.17) is 9.47 Å². The minimum Gasteiger partial charge on any atom is -0.494 e. The summed E-state index contributed by atoms with van der Waals surface area (Å²) in [5.41, 5.74) is -2.52. The molecule has 3 N–H and O–H groups in total. The van der Waals surface area contributed by atoms with Crippen molar-refractivity contribution in [3.05, 3.63) is 42.6 Å². The molecule has 4 amide bonds. The summed E-state index contributed by atoms with van der Waals surface area (Å²) in [5.74, 6) is -1.81. The molecule has 1 aromatic carbocycles. The highest BCUT2D eigenvalue weighted by Crippen LogP contribution is 2.48. The molecule has 0 bridgehead atoms. The lowest BCUT2D eigenvalue weighted by Crippen LogP contribution is -2.62. The molecule has 1 saturated heterocycles. The molecule has 0 unspecified atom stereocenters. The zero-order valence-electron chi connectivity index (χ0n) is 32.8. The summed E-state index contributed by atoms with van der Waals surface area (Å²) in [6.45, 7) is 13.1. The molecule has 0 radical (unpaired) electrons. The lowest BCUT2D eigenvalue weighted by atomic mass is 9.85. The van der Waals surface area contributed by atoms with Gasteiger partial charge in [0.1, 0.15) is 29.5 Å². The number of benzene rings is 1. The van der Waals surface area contributed by atoms with E-state index >= 15 is 4.79 Å². The Morgan fingerprint density at radius 3 is 2.53 bits per heavy atom. The number of rotatable bonds is 8. The molecule has 14 nitrogen and oxygen atoms in total. The largest absolute Gasteiger partial charge is 0.494 e. The molecule has 2 aliphatic heterocycles. The molecule has 2 aliphatic carbocycles. The first-order chi connectivity index (χ1) is 25.8. The number of nitrogens with one attached hydrogen (secondary N) is 2. The maximum atomic E-state index is 15.0. The van der Waals surface area contributed by atoms with Gasteiger partial charge in [-0.15, -0.1) is 0 Å². The van der Waals surface area contributed by atoms with Crippen molar-refractivity contribution in [1.29, 1.82) is 0 Å². The second-order valence-corrected chi connectivity index (χ2v) is 19.4. The van der Waals surface area contributed by atoms with Crippen LogP contribution in [0.1, 0.15) is 93.4 Å². The molecular weight excluding hydrogens is 727 g/mol. The maximum Gasteiger partial charge on any atom is 0.408 e. The first-order valence-corrected chi connectivity index (χ1v) is 20.8.